The molecular weight excluding hydrogens is 370 g/mol. The summed E-state index contributed by atoms with van der Waals surface area (Å²) in [5.74, 6) is 0. The average Bonchev–Trinajstić information content (AvgIpc) is 1.98. The van der Waals surface area contributed by atoms with E-state index in [0.29, 0.717) is 0 Å². The van der Waals surface area contributed by atoms with Crippen LogP contribution in [0.3, 0.4) is 0 Å². The van der Waals surface area contributed by atoms with E-state index >= 15 is 0 Å². The van der Waals surface area contributed by atoms with Crippen LogP contribution in [0, 0.1) is 0 Å². The second-order valence-corrected chi connectivity index (χ2v) is 0.283. The molecule has 0 fully saturated rings. The standard InChI is InChI=1S/CH2O3.Cr.Fe.In.K.3O.2H/c2-1(3)4;;;;;;;;;/h(H2,2,3,4);;;;;;;;;. The van der Waals surface area contributed by atoms with Gasteiger partial charge >= 0.3 is 125 Å². The molecule has 0 aliphatic carbocycles. The Morgan fingerprint density at radius 2 is 1.18 bits per heavy atom. The number of carboxylic acid groups (broad SMARTS) is 2. The molecule has 0 heterocycles. The number of hydrogen-bond donors (Lipinski definition) is 2. The van der Waals surface area contributed by atoms with Gasteiger partial charge in [0.2, 0.25) is 0 Å². The molecule has 0 saturated heterocycles. The van der Waals surface area contributed by atoms with Crippen molar-refractivity contribution in [2.45, 2.75) is 0 Å². The molecule has 0 aliphatic rings. The Bertz CT molecular complexity index is 66.8. The summed E-state index contributed by atoms with van der Waals surface area (Å²) in [6.45, 7) is 0. The fourth-order valence-corrected chi connectivity index (χ4v) is 0. The van der Waals surface area contributed by atoms with Gasteiger partial charge in [0.15, 0.2) is 0 Å². The zero-order chi connectivity index (χ0) is 9.58. The van der Waals surface area contributed by atoms with Crippen LogP contribution in [0.5, 0.6) is 0 Å². The third-order valence-electron chi connectivity index (χ3n) is 0. The van der Waals surface area contributed by atoms with Gasteiger partial charge in [-0.2, -0.15) is 0 Å². The summed E-state index contributed by atoms with van der Waals surface area (Å²) < 4.78 is 24.5. The molecule has 10 heteroatoms. The molecule has 0 saturated carbocycles. The topological polar surface area (TPSA) is 109 Å². The van der Waals surface area contributed by atoms with Gasteiger partial charge in [-0.15, -0.1) is 0 Å². The van der Waals surface area contributed by atoms with Crippen molar-refractivity contribution in [2.75, 3.05) is 0 Å². The first-order valence-corrected chi connectivity index (χ1v) is 3.87. The fraction of sp³-hybridized carbons (Fsp3) is 0. The summed E-state index contributed by atoms with van der Waals surface area (Å²) in [6.07, 6.45) is -1.83. The minimum absolute atomic E-state index is 0. The van der Waals surface area contributed by atoms with E-state index in [2.05, 4.69) is 0 Å². The molecule has 0 aliphatic heterocycles. The van der Waals surface area contributed by atoms with E-state index in [9.17, 15) is 0 Å². The molecule has 0 bridgehead atoms. The van der Waals surface area contributed by atoms with Crippen LogP contribution in [-0.4, -0.2) is 92.1 Å². The summed E-state index contributed by atoms with van der Waals surface area (Å²) in [7, 11) is 0. The van der Waals surface area contributed by atoms with Crippen LogP contribution in [0.25, 0.3) is 0 Å². The zero-order valence-electron chi connectivity index (χ0n) is 4.50. The maximum atomic E-state index is 8.56. The first-order valence-electron chi connectivity index (χ1n) is 1.25. The molecule has 11 heavy (non-hydrogen) atoms. The Labute approximate surface area is 137 Å². The third kappa shape index (κ3) is 258. The van der Waals surface area contributed by atoms with Gasteiger partial charge in [0.05, 0.1) is 0 Å². The Balaban J connectivity index is -0.0000000152. The predicted molar refractivity (Wildman–Crippen MR) is 27.0 cm³/mol. The van der Waals surface area contributed by atoms with E-state index in [4.69, 9.17) is 25.5 Å². The summed E-state index contributed by atoms with van der Waals surface area (Å²) in [5, 5.41) is 13.9. The van der Waals surface area contributed by atoms with Crippen LogP contribution in [-0.2, 0) is 42.7 Å². The van der Waals surface area contributed by atoms with Gasteiger partial charge in [-0.1, -0.05) is 0 Å². The van der Waals surface area contributed by atoms with Gasteiger partial charge in [-0.25, -0.2) is 4.79 Å². The molecule has 0 aromatic rings. The van der Waals surface area contributed by atoms with Crippen LogP contribution in [0.15, 0.2) is 0 Å². The van der Waals surface area contributed by atoms with E-state index in [1.165, 1.54) is 16.2 Å². The first kappa shape index (κ1) is 29.2. The van der Waals surface area contributed by atoms with Crippen molar-refractivity contribution in [1.29, 1.82) is 0 Å². The van der Waals surface area contributed by atoms with Crippen LogP contribution in [0.4, 0.5) is 4.79 Å². The second-order valence-electron chi connectivity index (χ2n) is 0.283. The number of carbonyl (C=O) groups is 1. The normalized spacial score (nSPS) is 3.27. The molecule has 0 amide bonds. The van der Waals surface area contributed by atoms with Crippen molar-refractivity contribution in [3.05, 3.63) is 0 Å². The molecule has 0 spiro atoms. The van der Waals surface area contributed by atoms with Crippen LogP contribution in [0.1, 0.15) is 0 Å². The van der Waals surface area contributed by atoms with Crippen molar-refractivity contribution < 1.29 is 57.7 Å². The molecule has 0 aromatic carbocycles. The summed E-state index contributed by atoms with van der Waals surface area (Å²) in [5.41, 5.74) is 0. The average molecular weight is 374 g/mol. The van der Waals surface area contributed by atoms with Crippen LogP contribution in [0.2, 0.25) is 0 Å². The van der Waals surface area contributed by atoms with Crippen LogP contribution >= 0.6 is 0 Å². The molecule has 0 rings (SSSR count). The van der Waals surface area contributed by atoms with Gasteiger partial charge < -0.3 is 10.2 Å². The van der Waals surface area contributed by atoms with Gasteiger partial charge in [-0.3, -0.25) is 0 Å². The third-order valence-corrected chi connectivity index (χ3v) is 0. The summed E-state index contributed by atoms with van der Waals surface area (Å²) in [6, 6.07) is 0. The SMILES string of the molecule is O=C(O)O.[KH].[O]=[Cr].[O]=[Fe].[O]=[InH]. The van der Waals surface area contributed by atoms with Crippen molar-refractivity contribution >= 4 is 81.9 Å². The Kier molecular flexibility index (Phi) is 150. The Morgan fingerprint density at radius 1 is 1.18 bits per heavy atom. The van der Waals surface area contributed by atoms with Gasteiger partial charge in [0.1, 0.15) is 0 Å². The second kappa shape index (κ2) is 56.4. The van der Waals surface area contributed by atoms with E-state index in [0.717, 1.165) is 0 Å². The summed E-state index contributed by atoms with van der Waals surface area (Å²) in [4.78, 5) is 8.56. The van der Waals surface area contributed by atoms with Crippen molar-refractivity contribution in [3.8, 4) is 0 Å². The quantitative estimate of drug-likeness (QED) is 0.504. The van der Waals surface area contributed by atoms with Crippen molar-refractivity contribution in [3.63, 3.8) is 0 Å². The van der Waals surface area contributed by atoms with Crippen LogP contribution < -0.4 is 0 Å². The molecule has 62 valence electrons. The van der Waals surface area contributed by atoms with Crippen molar-refractivity contribution in [1.82, 2.24) is 0 Å². The monoisotopic (exact) mass is 374 g/mol. The molecule has 0 aromatic heterocycles. The Morgan fingerprint density at radius 3 is 1.18 bits per heavy atom. The van der Waals surface area contributed by atoms with Gasteiger partial charge in [0, 0.05) is 0 Å². The predicted octanol–water partition coefficient (Wildman–Crippen LogP) is -1.44. The first-order chi connectivity index (χ1) is 4.73. The Hall–Kier alpha value is 2.23. The van der Waals surface area contributed by atoms with E-state index < -0.39 is 6.16 Å². The summed E-state index contributed by atoms with van der Waals surface area (Å²) >= 11 is 3.28. The van der Waals surface area contributed by atoms with E-state index in [1.54, 1.807) is 0 Å². The minimum atomic E-state index is -1.83. The van der Waals surface area contributed by atoms with E-state index in [1.807, 2.05) is 15.9 Å². The molecule has 0 radical (unpaired) electrons. The fourth-order valence-electron chi connectivity index (χ4n) is 0. The van der Waals surface area contributed by atoms with Gasteiger partial charge in [-0.05, 0) is 0 Å². The molecule has 0 atom stereocenters. The molecule has 2 N–H and O–H groups in total. The van der Waals surface area contributed by atoms with E-state index in [-0.39, 0.29) is 75.8 Å². The number of rotatable bonds is 0. The van der Waals surface area contributed by atoms with Crippen molar-refractivity contribution in [2.24, 2.45) is 0 Å². The molecule has 6 nitrogen and oxygen atoms in total. The zero-order valence-corrected chi connectivity index (χ0v) is 10.9. The molecular formula is CH4CrFeInKO6. The van der Waals surface area contributed by atoms with Gasteiger partial charge in [0.25, 0.3) is 0 Å². The molecule has 0 unspecified atom stereocenters. The number of hydrogen-bond acceptors (Lipinski definition) is 4. The maximum absolute atomic E-state index is 8.56.